The normalized spacial score (nSPS) is 27.4. The van der Waals surface area contributed by atoms with Gasteiger partial charge >= 0.3 is 29.2 Å². The lowest BCUT2D eigenvalue weighted by Crippen LogP contribution is -2.33. The summed E-state index contributed by atoms with van der Waals surface area (Å²) < 4.78 is 57.6. The number of hydrogen-bond acceptors (Lipinski definition) is 11. The van der Waals surface area contributed by atoms with Gasteiger partial charge in [0.1, 0.15) is 12.3 Å². The second kappa shape index (κ2) is 9.87. The molecule has 2 rings (SSSR count). The second-order valence-electron chi connectivity index (χ2n) is 6.19. The molecule has 1 aliphatic heterocycles. The van der Waals surface area contributed by atoms with E-state index < -0.39 is 59.8 Å². The molecule has 1 aromatic heterocycles. The van der Waals surface area contributed by atoms with E-state index in [4.69, 9.17) is 9.63 Å². The van der Waals surface area contributed by atoms with Crippen LogP contribution in [0.2, 0.25) is 0 Å². The highest BCUT2D eigenvalue weighted by Gasteiger charge is 2.43. The Morgan fingerprint density at radius 3 is 2.29 bits per heavy atom. The standard InChI is InChI=1S/C12H21N2O14P3/c1-3-24-29(18,19)27-31(22,23)28-30(20,21)25-6-9-8(15)4-10(26-9)14-5-7(2)11(16)13-12(14)17/h5,8-10,15H,3-4,6H2,1-2H3,(H,18,19)(H,20,21)(H,22,23)(H,13,16,17)/t8-,9+,10+/m0/s1. The fourth-order valence-electron chi connectivity index (χ4n) is 2.49. The van der Waals surface area contributed by atoms with E-state index in [9.17, 15) is 38.2 Å². The van der Waals surface area contributed by atoms with Crippen LogP contribution < -0.4 is 11.2 Å². The molecule has 0 radical (unpaired) electrons. The molecule has 3 unspecified atom stereocenters. The summed E-state index contributed by atoms with van der Waals surface area (Å²) in [5, 5.41) is 10.1. The minimum Gasteiger partial charge on any atom is -0.390 e. The van der Waals surface area contributed by atoms with E-state index in [1.165, 1.54) is 20.0 Å². The summed E-state index contributed by atoms with van der Waals surface area (Å²) in [6.45, 7) is 1.49. The van der Waals surface area contributed by atoms with Crippen LogP contribution in [0.3, 0.4) is 0 Å². The van der Waals surface area contributed by atoms with Crippen LogP contribution in [0, 0.1) is 6.92 Å². The van der Waals surface area contributed by atoms with Crippen molar-refractivity contribution in [1.29, 1.82) is 0 Å². The number of H-pyrrole nitrogens is 1. The summed E-state index contributed by atoms with van der Waals surface area (Å²) in [5.41, 5.74) is -1.23. The average molecular weight is 510 g/mol. The Kier molecular flexibility index (Phi) is 8.37. The topological polar surface area (TPSA) is 233 Å². The Hall–Kier alpha value is -0.990. The van der Waals surface area contributed by atoms with Crippen molar-refractivity contribution < 1.29 is 55.9 Å². The number of aromatic amines is 1. The molecular formula is C12H21N2O14P3. The second-order valence-corrected chi connectivity index (χ2v) is 10.8. The lowest BCUT2D eigenvalue weighted by molar-refractivity contribution is -0.0450. The van der Waals surface area contributed by atoms with Gasteiger partial charge in [-0.3, -0.25) is 23.4 Å². The molecule has 0 amide bonds. The maximum atomic E-state index is 11.9. The van der Waals surface area contributed by atoms with Crippen molar-refractivity contribution in [3.63, 3.8) is 0 Å². The monoisotopic (exact) mass is 510 g/mol. The summed E-state index contributed by atoms with van der Waals surface area (Å²) in [6.07, 6.45) is -2.58. The van der Waals surface area contributed by atoms with E-state index in [1.807, 2.05) is 0 Å². The van der Waals surface area contributed by atoms with Gasteiger partial charge in [-0.25, -0.2) is 18.5 Å². The van der Waals surface area contributed by atoms with E-state index in [0.717, 1.165) is 4.57 Å². The first-order chi connectivity index (χ1) is 14.1. The third-order valence-corrected chi connectivity index (χ3v) is 8.13. The number of nitrogens with zero attached hydrogens (tertiary/aromatic N) is 1. The molecule has 0 aromatic carbocycles. The van der Waals surface area contributed by atoms with Crippen LogP contribution in [0.5, 0.6) is 0 Å². The number of hydrogen-bond donors (Lipinski definition) is 5. The number of aliphatic hydroxyl groups excluding tert-OH is 1. The van der Waals surface area contributed by atoms with Crippen molar-refractivity contribution in [1.82, 2.24) is 9.55 Å². The first-order valence-electron chi connectivity index (χ1n) is 8.50. The maximum absolute atomic E-state index is 11.9. The Bertz CT molecular complexity index is 1050. The minimum atomic E-state index is -5.58. The molecule has 0 aliphatic carbocycles. The Morgan fingerprint density at radius 2 is 1.71 bits per heavy atom. The molecule has 1 aromatic rings. The predicted octanol–water partition coefficient (Wildman–Crippen LogP) is -0.119. The largest absolute Gasteiger partial charge is 0.490 e. The number of rotatable bonds is 10. The van der Waals surface area contributed by atoms with Crippen LogP contribution in [-0.2, 0) is 36.1 Å². The highest BCUT2D eigenvalue weighted by Crippen LogP contribution is 2.67. The summed E-state index contributed by atoms with van der Waals surface area (Å²) >= 11 is 0. The van der Waals surface area contributed by atoms with E-state index in [2.05, 4.69) is 22.7 Å². The van der Waals surface area contributed by atoms with Gasteiger partial charge < -0.3 is 24.5 Å². The first kappa shape index (κ1) is 26.3. The number of nitrogens with one attached hydrogen (secondary N) is 1. The van der Waals surface area contributed by atoms with Gasteiger partial charge in [0.05, 0.1) is 19.3 Å². The van der Waals surface area contributed by atoms with Gasteiger partial charge in [-0.15, -0.1) is 0 Å². The van der Waals surface area contributed by atoms with Crippen molar-refractivity contribution in [2.24, 2.45) is 0 Å². The number of aliphatic hydroxyl groups is 1. The average Bonchev–Trinajstić information content (AvgIpc) is 2.94. The van der Waals surface area contributed by atoms with Gasteiger partial charge in [-0.1, -0.05) is 0 Å². The molecule has 178 valence electrons. The lowest BCUT2D eigenvalue weighted by Gasteiger charge is -2.20. The molecule has 31 heavy (non-hydrogen) atoms. The van der Waals surface area contributed by atoms with E-state index >= 15 is 0 Å². The Morgan fingerprint density at radius 1 is 1.13 bits per heavy atom. The maximum Gasteiger partial charge on any atom is 0.490 e. The van der Waals surface area contributed by atoms with Crippen LogP contribution in [0.1, 0.15) is 25.1 Å². The third-order valence-electron chi connectivity index (χ3n) is 3.77. The number of ether oxygens (including phenoxy) is 1. The molecule has 0 bridgehead atoms. The fraction of sp³-hybridized carbons (Fsp3) is 0.667. The van der Waals surface area contributed by atoms with Crippen molar-refractivity contribution in [2.75, 3.05) is 13.2 Å². The third kappa shape index (κ3) is 7.53. The van der Waals surface area contributed by atoms with Gasteiger partial charge in [0.25, 0.3) is 5.56 Å². The van der Waals surface area contributed by atoms with Gasteiger partial charge in [0.2, 0.25) is 0 Å². The molecule has 0 spiro atoms. The van der Waals surface area contributed by atoms with Crippen LogP contribution >= 0.6 is 23.5 Å². The summed E-state index contributed by atoms with van der Waals surface area (Å²) in [6, 6.07) is 0. The zero-order valence-electron chi connectivity index (χ0n) is 16.1. The van der Waals surface area contributed by atoms with Crippen LogP contribution in [0.15, 0.2) is 15.8 Å². The van der Waals surface area contributed by atoms with Crippen LogP contribution in [0.4, 0.5) is 0 Å². The van der Waals surface area contributed by atoms with Crippen LogP contribution in [0.25, 0.3) is 0 Å². The van der Waals surface area contributed by atoms with E-state index in [-0.39, 0.29) is 18.6 Å². The Balaban J connectivity index is 2.01. The molecule has 2 heterocycles. The summed E-state index contributed by atoms with van der Waals surface area (Å²) in [4.78, 5) is 53.5. The van der Waals surface area contributed by atoms with E-state index in [1.54, 1.807) is 0 Å². The lowest BCUT2D eigenvalue weighted by atomic mass is 10.2. The molecule has 19 heteroatoms. The summed E-state index contributed by atoms with van der Waals surface area (Å²) in [7, 11) is -16.0. The van der Waals surface area contributed by atoms with Crippen molar-refractivity contribution in [3.05, 3.63) is 32.6 Å². The van der Waals surface area contributed by atoms with Crippen molar-refractivity contribution in [3.8, 4) is 0 Å². The fourth-order valence-corrected chi connectivity index (χ4v) is 6.00. The zero-order valence-corrected chi connectivity index (χ0v) is 18.8. The molecule has 16 nitrogen and oxygen atoms in total. The molecule has 1 aliphatic rings. The first-order valence-corrected chi connectivity index (χ1v) is 13.0. The quantitative estimate of drug-likeness (QED) is 0.258. The summed E-state index contributed by atoms with van der Waals surface area (Å²) in [5.74, 6) is 0. The minimum absolute atomic E-state index is 0.153. The molecule has 5 N–H and O–H groups in total. The molecular weight excluding hydrogens is 489 g/mol. The predicted molar refractivity (Wildman–Crippen MR) is 99.8 cm³/mol. The van der Waals surface area contributed by atoms with Crippen LogP contribution in [-0.4, -0.2) is 54.8 Å². The highest BCUT2D eigenvalue weighted by atomic mass is 31.3. The molecule has 1 saturated heterocycles. The van der Waals surface area contributed by atoms with E-state index in [0.29, 0.717) is 0 Å². The smallest absolute Gasteiger partial charge is 0.390 e. The zero-order chi connectivity index (χ0) is 23.6. The van der Waals surface area contributed by atoms with Crippen molar-refractivity contribution in [2.45, 2.75) is 38.7 Å². The SMILES string of the molecule is CCOP(=O)(O)OP(=O)(O)OP(=O)(O)OC[C@H]1O[C@@H](n2cc(C)c(=O)[nH]c2=O)C[C@@H]1O. The highest BCUT2D eigenvalue weighted by molar-refractivity contribution is 7.66. The van der Waals surface area contributed by atoms with Gasteiger partial charge in [-0.2, -0.15) is 8.62 Å². The number of aromatic nitrogens is 2. The van der Waals surface area contributed by atoms with Gasteiger partial charge in [0, 0.05) is 18.2 Å². The molecule has 0 saturated carbocycles. The molecule has 1 fully saturated rings. The Labute approximate surface area is 174 Å². The van der Waals surface area contributed by atoms with Crippen molar-refractivity contribution >= 4 is 23.5 Å². The molecule has 6 atom stereocenters. The van der Waals surface area contributed by atoms with Gasteiger partial charge in [-0.05, 0) is 13.8 Å². The number of phosphoric ester groups is 2. The number of aryl methyl sites for hydroxylation is 1. The van der Waals surface area contributed by atoms with Gasteiger partial charge in [0.15, 0.2) is 0 Å². The number of phosphoric acid groups is 3.